The number of aromatic amines is 2. The molecule has 0 radical (unpaired) electrons. The molecule has 1 atom stereocenters. The first-order valence-corrected chi connectivity index (χ1v) is 10.4. The molecule has 3 heterocycles. The highest BCUT2D eigenvalue weighted by molar-refractivity contribution is 7.12. The van der Waals surface area contributed by atoms with Gasteiger partial charge in [-0.2, -0.15) is 0 Å². The molecule has 0 aromatic carbocycles. The van der Waals surface area contributed by atoms with E-state index in [2.05, 4.69) is 15.3 Å². The number of aliphatic carboxylic acids is 2. The molecule has 3 aromatic heterocycles. The molecule has 10 nitrogen and oxygen atoms in total. The molecule has 0 aliphatic heterocycles. The van der Waals surface area contributed by atoms with Crippen LogP contribution in [0.3, 0.4) is 0 Å². The van der Waals surface area contributed by atoms with Gasteiger partial charge in [-0.05, 0) is 48.8 Å². The Balaban J connectivity index is 1.55. The molecule has 0 unspecified atom stereocenters. The number of nitrogens with two attached hydrogens (primary N) is 1. The van der Waals surface area contributed by atoms with Crippen molar-refractivity contribution in [2.75, 3.05) is 5.73 Å². The number of thiophene rings is 1. The number of rotatable bonds is 10. The van der Waals surface area contributed by atoms with Gasteiger partial charge in [0.05, 0.1) is 15.8 Å². The average Bonchev–Trinajstić information content (AvgIpc) is 3.31. The minimum Gasteiger partial charge on any atom is -0.481 e. The number of carboxylic acids is 2. The molecule has 31 heavy (non-hydrogen) atoms. The van der Waals surface area contributed by atoms with E-state index in [1.165, 1.54) is 11.3 Å². The maximum atomic E-state index is 12.3. The lowest BCUT2D eigenvalue weighted by Crippen LogP contribution is -2.40. The van der Waals surface area contributed by atoms with E-state index in [1.807, 2.05) is 5.38 Å². The fourth-order valence-corrected chi connectivity index (χ4v) is 4.07. The summed E-state index contributed by atoms with van der Waals surface area (Å²) >= 11 is 1.20. The zero-order chi connectivity index (χ0) is 22.5. The molecule has 3 aromatic rings. The zero-order valence-corrected chi connectivity index (χ0v) is 17.3. The maximum absolute atomic E-state index is 12.3. The van der Waals surface area contributed by atoms with Gasteiger partial charge in [-0.3, -0.25) is 14.4 Å². The lowest BCUT2D eigenvalue weighted by molar-refractivity contribution is -0.140. The number of aromatic nitrogens is 2. The van der Waals surface area contributed by atoms with Gasteiger partial charge in [0.25, 0.3) is 11.5 Å². The highest BCUT2D eigenvalue weighted by Gasteiger charge is 2.22. The van der Waals surface area contributed by atoms with Gasteiger partial charge in [0.2, 0.25) is 0 Å². The Morgan fingerprint density at radius 3 is 2.61 bits per heavy atom. The van der Waals surface area contributed by atoms with Crippen molar-refractivity contribution >= 4 is 45.9 Å². The molecule has 11 heteroatoms. The first kappa shape index (κ1) is 22.1. The molecule has 0 spiro atoms. The van der Waals surface area contributed by atoms with E-state index in [0.717, 1.165) is 17.7 Å². The number of aryl methyl sites for hydroxylation is 2. The number of anilines is 1. The van der Waals surface area contributed by atoms with Crippen molar-refractivity contribution in [2.45, 2.75) is 38.1 Å². The van der Waals surface area contributed by atoms with Crippen LogP contribution in [0.1, 0.15) is 40.2 Å². The third-order valence-electron chi connectivity index (χ3n) is 4.75. The lowest BCUT2D eigenvalue weighted by Gasteiger charge is -2.12. The maximum Gasteiger partial charge on any atom is 0.326 e. The Labute approximate surface area is 180 Å². The molecule has 7 N–H and O–H groups in total. The normalized spacial score (nSPS) is 12.0. The van der Waals surface area contributed by atoms with Crippen LogP contribution in [0, 0.1) is 0 Å². The first-order chi connectivity index (χ1) is 14.7. The van der Waals surface area contributed by atoms with Crippen molar-refractivity contribution < 1.29 is 24.6 Å². The number of amides is 1. The number of carbonyl (C=O) groups excluding carboxylic acids is 1. The van der Waals surface area contributed by atoms with Crippen molar-refractivity contribution in [3.63, 3.8) is 0 Å². The summed E-state index contributed by atoms with van der Waals surface area (Å²) in [5, 5.41) is 22.6. The van der Waals surface area contributed by atoms with Crippen LogP contribution >= 0.6 is 11.3 Å². The summed E-state index contributed by atoms with van der Waals surface area (Å²) in [4.78, 5) is 52.2. The molecule has 0 saturated carbocycles. The van der Waals surface area contributed by atoms with Gasteiger partial charge in [-0.25, -0.2) is 4.79 Å². The van der Waals surface area contributed by atoms with Gasteiger partial charge >= 0.3 is 11.9 Å². The molecule has 164 valence electrons. The number of H-pyrrole nitrogens is 2. The van der Waals surface area contributed by atoms with Crippen LogP contribution in [0.25, 0.3) is 10.9 Å². The second kappa shape index (κ2) is 9.47. The lowest BCUT2D eigenvalue weighted by atomic mass is 10.1. The van der Waals surface area contributed by atoms with Crippen LogP contribution in [0.4, 0.5) is 5.82 Å². The monoisotopic (exact) mass is 446 g/mol. The Morgan fingerprint density at radius 2 is 1.90 bits per heavy atom. The summed E-state index contributed by atoms with van der Waals surface area (Å²) < 4.78 is 0. The standard InChI is InChI=1S/C20H22N4O6S/c21-16-8-14-12(18(27)24-16)7-11(22-14)3-1-2-10-6-15(31-9-10)19(28)23-13(20(29)30)4-5-17(25)26/h6-9,13,22H,1-5H2,(H,23,28)(H,25,26)(H,29,30)(H3,21,24,27)/t13-/m0/s1. The molecular weight excluding hydrogens is 424 g/mol. The SMILES string of the molecule is Nc1cc2[nH]c(CCCc3csc(C(=O)N[C@@H](CCC(=O)O)C(=O)O)c3)cc2c(=O)[nH]1. The van der Waals surface area contributed by atoms with E-state index in [1.54, 1.807) is 18.2 Å². The van der Waals surface area contributed by atoms with Crippen molar-refractivity contribution in [2.24, 2.45) is 0 Å². The molecule has 3 rings (SSSR count). The summed E-state index contributed by atoms with van der Waals surface area (Å²) in [5.74, 6) is -2.64. The van der Waals surface area contributed by atoms with Crippen molar-refractivity contribution in [1.82, 2.24) is 15.3 Å². The van der Waals surface area contributed by atoms with E-state index in [0.29, 0.717) is 34.4 Å². The van der Waals surface area contributed by atoms with Crippen LogP contribution in [-0.4, -0.2) is 44.1 Å². The number of hydrogen-bond donors (Lipinski definition) is 6. The van der Waals surface area contributed by atoms with E-state index in [9.17, 15) is 19.2 Å². The van der Waals surface area contributed by atoms with E-state index in [4.69, 9.17) is 15.9 Å². The topological polar surface area (TPSA) is 178 Å². The predicted molar refractivity (Wildman–Crippen MR) is 115 cm³/mol. The quantitative estimate of drug-likeness (QED) is 0.274. The first-order valence-electron chi connectivity index (χ1n) is 9.56. The Bertz CT molecular complexity index is 1180. The van der Waals surface area contributed by atoms with Gasteiger partial charge in [0.1, 0.15) is 11.9 Å². The van der Waals surface area contributed by atoms with Crippen LogP contribution in [0.15, 0.2) is 28.4 Å². The number of carbonyl (C=O) groups is 3. The van der Waals surface area contributed by atoms with Gasteiger partial charge < -0.3 is 31.2 Å². The Kier molecular flexibility index (Phi) is 6.75. The second-order valence-corrected chi connectivity index (χ2v) is 8.06. The molecule has 0 aliphatic rings. The average molecular weight is 446 g/mol. The van der Waals surface area contributed by atoms with Gasteiger partial charge in [0.15, 0.2) is 0 Å². The van der Waals surface area contributed by atoms with E-state index >= 15 is 0 Å². The molecule has 0 fully saturated rings. The molecule has 1 amide bonds. The van der Waals surface area contributed by atoms with Crippen LogP contribution in [0.2, 0.25) is 0 Å². The third-order valence-corrected chi connectivity index (χ3v) is 5.72. The van der Waals surface area contributed by atoms with Crippen molar-refractivity contribution in [1.29, 1.82) is 0 Å². The van der Waals surface area contributed by atoms with Gasteiger partial charge in [-0.15, -0.1) is 11.3 Å². The summed E-state index contributed by atoms with van der Waals surface area (Å²) in [5.41, 5.74) is 7.93. The second-order valence-electron chi connectivity index (χ2n) is 7.15. The Morgan fingerprint density at radius 1 is 1.13 bits per heavy atom. The fourth-order valence-electron chi connectivity index (χ4n) is 3.22. The third kappa shape index (κ3) is 5.72. The number of fused-ring (bicyclic) bond motifs is 1. The minimum absolute atomic E-state index is 0.187. The Hall–Kier alpha value is -3.60. The zero-order valence-electron chi connectivity index (χ0n) is 16.4. The number of hydrogen-bond acceptors (Lipinski definition) is 6. The summed E-state index contributed by atoms with van der Waals surface area (Å²) in [7, 11) is 0. The number of carboxylic acid groups (broad SMARTS) is 2. The van der Waals surface area contributed by atoms with Crippen LogP contribution in [-0.2, 0) is 22.4 Å². The smallest absolute Gasteiger partial charge is 0.326 e. The van der Waals surface area contributed by atoms with Gasteiger partial charge in [0, 0.05) is 18.2 Å². The molecule has 0 saturated heterocycles. The van der Waals surface area contributed by atoms with Gasteiger partial charge in [-0.1, -0.05) is 0 Å². The highest BCUT2D eigenvalue weighted by atomic mass is 32.1. The van der Waals surface area contributed by atoms with Crippen molar-refractivity contribution in [3.8, 4) is 0 Å². The van der Waals surface area contributed by atoms with E-state index < -0.39 is 23.9 Å². The summed E-state index contributed by atoms with van der Waals surface area (Å²) in [6, 6.07) is 3.91. The number of nitrogen functional groups attached to an aromatic ring is 1. The van der Waals surface area contributed by atoms with Crippen LogP contribution < -0.4 is 16.6 Å². The van der Waals surface area contributed by atoms with Crippen LogP contribution in [0.5, 0.6) is 0 Å². The number of nitrogens with one attached hydrogen (secondary N) is 3. The minimum atomic E-state index is -1.27. The summed E-state index contributed by atoms with van der Waals surface area (Å²) in [6.07, 6.45) is 1.63. The molecule has 0 bridgehead atoms. The fraction of sp³-hybridized carbons (Fsp3) is 0.300. The highest BCUT2D eigenvalue weighted by Crippen LogP contribution is 2.19. The summed E-state index contributed by atoms with van der Waals surface area (Å²) in [6.45, 7) is 0. The predicted octanol–water partition coefficient (Wildman–Crippen LogP) is 1.72. The number of pyridine rings is 1. The van der Waals surface area contributed by atoms with E-state index in [-0.39, 0.29) is 18.4 Å². The largest absolute Gasteiger partial charge is 0.481 e. The molecule has 0 aliphatic carbocycles. The van der Waals surface area contributed by atoms with Crippen molar-refractivity contribution in [3.05, 3.63) is 50.1 Å². The molecular formula is C20H22N4O6S.